The van der Waals surface area contributed by atoms with Crippen molar-refractivity contribution in [3.05, 3.63) is 66.0 Å². The lowest BCUT2D eigenvalue weighted by Gasteiger charge is -2.20. The number of amides is 1. The van der Waals surface area contributed by atoms with Crippen molar-refractivity contribution in [2.75, 3.05) is 14.1 Å². The van der Waals surface area contributed by atoms with Crippen LogP contribution in [0.25, 0.3) is 11.4 Å². The molecule has 7 heteroatoms. The van der Waals surface area contributed by atoms with Gasteiger partial charge in [0.25, 0.3) is 0 Å². The number of carbonyl (C=O) groups is 1. The van der Waals surface area contributed by atoms with Crippen molar-refractivity contribution < 1.29 is 9.18 Å². The zero-order chi connectivity index (χ0) is 18.7. The van der Waals surface area contributed by atoms with Crippen molar-refractivity contribution in [2.24, 2.45) is 7.05 Å². The van der Waals surface area contributed by atoms with Crippen molar-refractivity contribution in [3.63, 3.8) is 0 Å². The highest BCUT2D eigenvalue weighted by atomic mass is 32.2. The van der Waals surface area contributed by atoms with E-state index in [9.17, 15) is 9.18 Å². The van der Waals surface area contributed by atoms with Crippen LogP contribution in [0.15, 0.2) is 59.8 Å². The van der Waals surface area contributed by atoms with Gasteiger partial charge >= 0.3 is 0 Å². The van der Waals surface area contributed by atoms with Crippen molar-refractivity contribution in [1.82, 2.24) is 19.7 Å². The summed E-state index contributed by atoms with van der Waals surface area (Å²) >= 11 is 1.35. The number of rotatable bonds is 5. The van der Waals surface area contributed by atoms with Gasteiger partial charge < -0.3 is 9.47 Å². The number of benzene rings is 2. The minimum atomic E-state index is -0.421. The standard InChI is InChI=1S/C19H19FN4OS/c1-23(2)18(25)16(13-7-5-4-6-8-13)26-19-22-21-17(24(19)3)14-9-11-15(20)12-10-14/h4-12,16H,1-3H3/t16-/m0/s1. The minimum Gasteiger partial charge on any atom is -0.348 e. The highest BCUT2D eigenvalue weighted by Crippen LogP contribution is 2.36. The Morgan fingerprint density at radius 2 is 1.73 bits per heavy atom. The molecule has 1 aromatic heterocycles. The third-order valence-electron chi connectivity index (χ3n) is 3.93. The van der Waals surface area contributed by atoms with Gasteiger partial charge in [-0.25, -0.2) is 4.39 Å². The van der Waals surface area contributed by atoms with Crippen LogP contribution < -0.4 is 0 Å². The van der Waals surface area contributed by atoms with Crippen LogP contribution in [0.5, 0.6) is 0 Å². The van der Waals surface area contributed by atoms with Crippen LogP contribution in [-0.2, 0) is 11.8 Å². The Morgan fingerprint density at radius 3 is 2.35 bits per heavy atom. The first-order valence-electron chi connectivity index (χ1n) is 8.05. The molecule has 0 unspecified atom stereocenters. The molecule has 0 N–H and O–H groups in total. The molecule has 0 saturated carbocycles. The second-order valence-corrected chi connectivity index (χ2v) is 7.09. The van der Waals surface area contributed by atoms with Gasteiger partial charge in [0.15, 0.2) is 11.0 Å². The fourth-order valence-corrected chi connectivity index (χ4v) is 3.64. The summed E-state index contributed by atoms with van der Waals surface area (Å²) in [4.78, 5) is 14.3. The Labute approximate surface area is 155 Å². The summed E-state index contributed by atoms with van der Waals surface area (Å²) in [6, 6.07) is 15.7. The van der Waals surface area contributed by atoms with Crippen molar-refractivity contribution in [2.45, 2.75) is 10.4 Å². The van der Waals surface area contributed by atoms with E-state index in [-0.39, 0.29) is 11.7 Å². The van der Waals surface area contributed by atoms with E-state index in [1.807, 2.05) is 41.9 Å². The predicted octanol–water partition coefficient (Wildman–Crippen LogP) is 3.54. The van der Waals surface area contributed by atoms with Gasteiger partial charge in [-0.15, -0.1) is 10.2 Å². The van der Waals surface area contributed by atoms with Crippen LogP contribution in [0.2, 0.25) is 0 Å². The molecule has 0 fully saturated rings. The lowest BCUT2D eigenvalue weighted by molar-refractivity contribution is -0.128. The predicted molar refractivity (Wildman–Crippen MR) is 100 cm³/mol. The first kappa shape index (κ1) is 18.1. The maximum Gasteiger partial charge on any atom is 0.240 e. The van der Waals surface area contributed by atoms with Crippen molar-refractivity contribution in [1.29, 1.82) is 0 Å². The van der Waals surface area contributed by atoms with Gasteiger partial charge in [-0.1, -0.05) is 42.1 Å². The van der Waals surface area contributed by atoms with Gasteiger partial charge in [-0.2, -0.15) is 0 Å². The van der Waals surface area contributed by atoms with Crippen LogP contribution in [0.1, 0.15) is 10.8 Å². The molecule has 5 nitrogen and oxygen atoms in total. The average molecular weight is 370 g/mol. The van der Waals surface area contributed by atoms with E-state index in [4.69, 9.17) is 0 Å². The Hall–Kier alpha value is -2.67. The number of carbonyl (C=O) groups excluding carboxylic acids is 1. The largest absolute Gasteiger partial charge is 0.348 e. The van der Waals surface area contributed by atoms with E-state index in [2.05, 4.69) is 10.2 Å². The molecular formula is C19H19FN4OS. The number of thioether (sulfide) groups is 1. The zero-order valence-corrected chi connectivity index (χ0v) is 15.6. The first-order chi connectivity index (χ1) is 12.5. The summed E-state index contributed by atoms with van der Waals surface area (Å²) in [5.74, 6) is 0.301. The second kappa shape index (κ2) is 7.70. The third kappa shape index (κ3) is 3.77. The fourth-order valence-electron chi connectivity index (χ4n) is 2.50. The van der Waals surface area contributed by atoms with Crippen LogP contribution >= 0.6 is 11.8 Å². The maximum absolute atomic E-state index is 13.1. The molecule has 134 valence electrons. The summed E-state index contributed by atoms with van der Waals surface area (Å²) in [5.41, 5.74) is 1.67. The fraction of sp³-hybridized carbons (Fsp3) is 0.211. The van der Waals surface area contributed by atoms with Crippen molar-refractivity contribution in [3.8, 4) is 11.4 Å². The number of likely N-dealkylation sites (N-methyl/N-ethyl adjacent to an activating group) is 1. The smallest absolute Gasteiger partial charge is 0.240 e. The molecule has 0 saturated heterocycles. The number of aromatic nitrogens is 3. The average Bonchev–Trinajstić information content (AvgIpc) is 3.01. The number of hydrogen-bond acceptors (Lipinski definition) is 4. The molecule has 26 heavy (non-hydrogen) atoms. The molecule has 0 spiro atoms. The van der Waals surface area contributed by atoms with Crippen LogP contribution in [-0.4, -0.2) is 39.7 Å². The lowest BCUT2D eigenvalue weighted by atomic mass is 10.1. The van der Waals surface area contributed by atoms with Gasteiger partial charge in [0.1, 0.15) is 11.1 Å². The highest BCUT2D eigenvalue weighted by molar-refractivity contribution is 8.00. The number of halogens is 1. The Kier molecular flexibility index (Phi) is 5.37. The van der Waals surface area contributed by atoms with Gasteiger partial charge in [0.05, 0.1) is 0 Å². The molecule has 0 bridgehead atoms. The molecule has 0 aliphatic heterocycles. The molecule has 3 rings (SSSR count). The molecule has 1 heterocycles. The van der Waals surface area contributed by atoms with E-state index in [0.717, 1.165) is 11.1 Å². The number of nitrogens with zero attached hydrogens (tertiary/aromatic N) is 4. The summed E-state index contributed by atoms with van der Waals surface area (Å²) in [7, 11) is 5.31. The molecule has 0 aliphatic carbocycles. The normalized spacial score (nSPS) is 12.0. The van der Waals surface area contributed by atoms with Gasteiger partial charge in [0.2, 0.25) is 5.91 Å². The maximum atomic E-state index is 13.1. The second-order valence-electron chi connectivity index (χ2n) is 6.01. The van der Waals surface area contributed by atoms with Gasteiger partial charge in [0, 0.05) is 26.7 Å². The van der Waals surface area contributed by atoms with E-state index in [0.29, 0.717) is 11.0 Å². The molecule has 1 atom stereocenters. The molecule has 0 radical (unpaired) electrons. The Morgan fingerprint density at radius 1 is 1.08 bits per heavy atom. The molecule has 0 aliphatic rings. The molecule has 2 aromatic carbocycles. The monoisotopic (exact) mass is 370 g/mol. The lowest BCUT2D eigenvalue weighted by Crippen LogP contribution is -2.26. The Balaban J connectivity index is 1.93. The molecular weight excluding hydrogens is 351 g/mol. The van der Waals surface area contributed by atoms with E-state index >= 15 is 0 Å². The third-order valence-corrected chi connectivity index (χ3v) is 5.20. The summed E-state index contributed by atoms with van der Waals surface area (Å²) in [6.07, 6.45) is 0. The first-order valence-corrected chi connectivity index (χ1v) is 8.93. The quantitative estimate of drug-likeness (QED) is 0.645. The molecule has 3 aromatic rings. The topological polar surface area (TPSA) is 51.0 Å². The summed E-state index contributed by atoms with van der Waals surface area (Å²) < 4.78 is 15.0. The Bertz CT molecular complexity index is 894. The SMILES string of the molecule is CN(C)C(=O)[C@@H](Sc1nnc(-c2ccc(F)cc2)n1C)c1ccccc1. The summed E-state index contributed by atoms with van der Waals surface area (Å²) in [6.45, 7) is 0. The number of hydrogen-bond donors (Lipinski definition) is 0. The zero-order valence-electron chi connectivity index (χ0n) is 14.8. The molecule has 1 amide bonds. The van der Waals surface area contributed by atoms with Crippen LogP contribution in [0.3, 0.4) is 0 Å². The van der Waals surface area contributed by atoms with Crippen LogP contribution in [0.4, 0.5) is 4.39 Å². The van der Waals surface area contributed by atoms with E-state index in [1.54, 1.807) is 31.1 Å². The summed E-state index contributed by atoms with van der Waals surface area (Å²) in [5, 5.41) is 8.64. The van der Waals surface area contributed by atoms with E-state index < -0.39 is 5.25 Å². The van der Waals surface area contributed by atoms with Gasteiger partial charge in [-0.3, -0.25) is 4.79 Å². The van der Waals surface area contributed by atoms with Crippen molar-refractivity contribution >= 4 is 17.7 Å². The van der Waals surface area contributed by atoms with Gasteiger partial charge in [-0.05, 0) is 29.8 Å². The van der Waals surface area contributed by atoms with Crippen LogP contribution in [0, 0.1) is 5.82 Å². The van der Waals surface area contributed by atoms with E-state index in [1.165, 1.54) is 23.9 Å². The highest BCUT2D eigenvalue weighted by Gasteiger charge is 2.26. The minimum absolute atomic E-state index is 0.0208.